The van der Waals surface area contributed by atoms with Crippen molar-refractivity contribution in [1.82, 2.24) is 0 Å². The van der Waals surface area contributed by atoms with Crippen LogP contribution in [0.15, 0.2) is 35.8 Å². The Morgan fingerprint density at radius 1 is 1.17 bits per heavy atom. The van der Waals surface area contributed by atoms with E-state index in [1.165, 1.54) is 0 Å². The minimum Gasteiger partial charge on any atom is -0.493 e. The molecule has 0 atom stereocenters. The second-order valence-electron chi connectivity index (χ2n) is 2.50. The van der Waals surface area contributed by atoms with Gasteiger partial charge in [-0.3, -0.25) is 0 Å². The summed E-state index contributed by atoms with van der Waals surface area (Å²) in [5.74, 6) is 1.46. The average molecular weight is 168 g/mol. The Hall–Kier alpha value is -1.18. The zero-order valence-electron chi connectivity index (χ0n) is 8.18. The quantitative estimate of drug-likeness (QED) is 0.474. The lowest BCUT2D eigenvalue weighted by molar-refractivity contribution is 0.217. The molecular weight excluding hydrogens is 152 g/mol. The highest BCUT2D eigenvalue weighted by atomic mass is 16.5. The molecule has 0 aliphatic rings. The van der Waals surface area contributed by atoms with Crippen molar-refractivity contribution in [3.8, 4) is 0 Å². The second kappa shape index (κ2) is 5.47. The van der Waals surface area contributed by atoms with Crippen LogP contribution in [0.3, 0.4) is 0 Å². The lowest BCUT2D eigenvalue weighted by Gasteiger charge is -2.10. The van der Waals surface area contributed by atoms with Crippen LogP contribution in [-0.2, 0) is 9.47 Å². The lowest BCUT2D eigenvalue weighted by Crippen LogP contribution is -1.97. The number of ether oxygens (including phenoxy) is 2. The second-order valence-corrected chi connectivity index (χ2v) is 2.50. The molecule has 0 saturated heterocycles. The molecule has 0 heterocycles. The number of allylic oxidation sites excluding steroid dienone is 3. The van der Waals surface area contributed by atoms with Gasteiger partial charge in [0, 0.05) is 0 Å². The van der Waals surface area contributed by atoms with Crippen LogP contribution in [0.2, 0.25) is 0 Å². The van der Waals surface area contributed by atoms with Crippen LogP contribution in [0.5, 0.6) is 0 Å². The highest BCUT2D eigenvalue weighted by Gasteiger charge is 2.05. The fraction of sp³-hybridized carbons (Fsp3) is 0.400. The predicted molar refractivity (Wildman–Crippen MR) is 50.7 cm³/mol. The lowest BCUT2D eigenvalue weighted by atomic mass is 10.2. The molecule has 2 heteroatoms. The molecule has 0 fully saturated rings. The summed E-state index contributed by atoms with van der Waals surface area (Å²) >= 11 is 0. The van der Waals surface area contributed by atoms with Crippen molar-refractivity contribution in [2.24, 2.45) is 0 Å². The fourth-order valence-corrected chi connectivity index (χ4v) is 0.895. The minimum atomic E-state index is 0.701. The molecule has 0 aromatic rings. The van der Waals surface area contributed by atoms with Crippen LogP contribution >= 0.6 is 0 Å². The monoisotopic (exact) mass is 168 g/mol. The van der Waals surface area contributed by atoms with Gasteiger partial charge >= 0.3 is 0 Å². The minimum absolute atomic E-state index is 0.701. The Kier molecular flexibility index (Phi) is 4.93. The van der Waals surface area contributed by atoms with Gasteiger partial charge in [0.15, 0.2) is 11.5 Å². The van der Waals surface area contributed by atoms with E-state index in [0.717, 1.165) is 11.3 Å². The number of methoxy groups -OCH3 is 2. The van der Waals surface area contributed by atoms with E-state index in [2.05, 4.69) is 6.58 Å². The molecule has 0 aromatic carbocycles. The number of hydrogen-bond acceptors (Lipinski definition) is 2. The first-order valence-electron chi connectivity index (χ1n) is 3.76. The molecule has 0 rings (SSSR count). The third-order valence-corrected chi connectivity index (χ3v) is 1.37. The Balaban J connectivity index is 4.82. The van der Waals surface area contributed by atoms with Crippen molar-refractivity contribution < 1.29 is 9.47 Å². The maximum absolute atomic E-state index is 5.16. The zero-order valence-corrected chi connectivity index (χ0v) is 8.18. The van der Waals surface area contributed by atoms with Gasteiger partial charge in [-0.15, -0.1) is 0 Å². The summed E-state index contributed by atoms with van der Waals surface area (Å²) in [6.45, 7) is 7.52. The molecule has 0 aromatic heterocycles. The van der Waals surface area contributed by atoms with Crippen molar-refractivity contribution >= 4 is 0 Å². The normalized spacial score (nSPS) is 10.5. The van der Waals surface area contributed by atoms with Gasteiger partial charge in [0.2, 0.25) is 0 Å². The van der Waals surface area contributed by atoms with E-state index in [4.69, 9.17) is 9.47 Å². The third-order valence-electron chi connectivity index (χ3n) is 1.37. The maximum atomic E-state index is 5.16. The molecule has 12 heavy (non-hydrogen) atoms. The highest BCUT2D eigenvalue weighted by Crippen LogP contribution is 2.15. The van der Waals surface area contributed by atoms with Gasteiger partial charge in [-0.05, 0) is 25.5 Å². The van der Waals surface area contributed by atoms with E-state index < -0.39 is 0 Å². The smallest absolute Gasteiger partial charge is 0.160 e. The highest BCUT2D eigenvalue weighted by molar-refractivity contribution is 5.26. The maximum Gasteiger partial charge on any atom is 0.160 e. The Morgan fingerprint density at radius 3 is 2.00 bits per heavy atom. The molecule has 0 bridgehead atoms. The first-order chi connectivity index (χ1) is 5.67. The van der Waals surface area contributed by atoms with Crippen LogP contribution in [-0.4, -0.2) is 14.2 Å². The van der Waals surface area contributed by atoms with E-state index in [-0.39, 0.29) is 0 Å². The van der Waals surface area contributed by atoms with Crippen LogP contribution < -0.4 is 0 Å². The first kappa shape index (κ1) is 10.8. The molecule has 0 amide bonds. The SMILES string of the molecule is C=C/C=C(/OC)C(OC)=C(C)C. The molecule has 0 saturated carbocycles. The molecule has 0 radical (unpaired) electrons. The standard InChI is InChI=1S/C10H16O2/c1-6-7-9(11-4)10(12-5)8(2)3/h6-7H,1H2,2-5H3/b9-7+. The Labute approximate surface area is 74.2 Å². The average Bonchev–Trinajstić information content (AvgIpc) is 2.03. The van der Waals surface area contributed by atoms with Gasteiger partial charge in [0.25, 0.3) is 0 Å². The van der Waals surface area contributed by atoms with Gasteiger partial charge in [-0.1, -0.05) is 12.7 Å². The summed E-state index contributed by atoms with van der Waals surface area (Å²) in [5.41, 5.74) is 1.08. The summed E-state index contributed by atoms with van der Waals surface area (Å²) in [4.78, 5) is 0. The van der Waals surface area contributed by atoms with Crippen LogP contribution in [0.25, 0.3) is 0 Å². The van der Waals surface area contributed by atoms with Crippen LogP contribution in [0, 0.1) is 0 Å². The summed E-state index contributed by atoms with van der Waals surface area (Å²) in [5, 5.41) is 0. The van der Waals surface area contributed by atoms with Gasteiger partial charge in [0.1, 0.15) is 0 Å². The molecule has 0 aliphatic carbocycles. The van der Waals surface area contributed by atoms with E-state index in [1.54, 1.807) is 26.4 Å². The van der Waals surface area contributed by atoms with Crippen LogP contribution in [0.1, 0.15) is 13.8 Å². The first-order valence-corrected chi connectivity index (χ1v) is 3.76. The van der Waals surface area contributed by atoms with Crippen LogP contribution in [0.4, 0.5) is 0 Å². The summed E-state index contributed by atoms with van der Waals surface area (Å²) < 4.78 is 10.3. The number of hydrogen-bond donors (Lipinski definition) is 0. The van der Waals surface area contributed by atoms with E-state index in [0.29, 0.717) is 5.76 Å². The molecule has 68 valence electrons. The zero-order chi connectivity index (χ0) is 9.56. The molecule has 0 aliphatic heterocycles. The summed E-state index contributed by atoms with van der Waals surface area (Å²) in [6, 6.07) is 0. The van der Waals surface area contributed by atoms with Crippen molar-refractivity contribution in [1.29, 1.82) is 0 Å². The summed E-state index contributed by atoms with van der Waals surface area (Å²) in [7, 11) is 3.23. The largest absolute Gasteiger partial charge is 0.493 e. The molecule has 2 nitrogen and oxygen atoms in total. The van der Waals surface area contributed by atoms with Gasteiger partial charge in [-0.25, -0.2) is 0 Å². The van der Waals surface area contributed by atoms with Crippen molar-refractivity contribution in [3.63, 3.8) is 0 Å². The number of rotatable bonds is 4. The summed E-state index contributed by atoms with van der Waals surface area (Å²) in [6.07, 6.45) is 3.44. The van der Waals surface area contributed by atoms with Gasteiger partial charge in [-0.2, -0.15) is 0 Å². The van der Waals surface area contributed by atoms with Gasteiger partial charge < -0.3 is 9.47 Å². The van der Waals surface area contributed by atoms with Crippen molar-refractivity contribution in [3.05, 3.63) is 35.8 Å². The Bertz CT molecular complexity index is 208. The topological polar surface area (TPSA) is 18.5 Å². The van der Waals surface area contributed by atoms with E-state index in [1.807, 2.05) is 13.8 Å². The predicted octanol–water partition coefficient (Wildman–Crippen LogP) is 2.64. The van der Waals surface area contributed by atoms with Crippen molar-refractivity contribution in [2.45, 2.75) is 13.8 Å². The van der Waals surface area contributed by atoms with E-state index in [9.17, 15) is 0 Å². The molecule has 0 unspecified atom stereocenters. The Morgan fingerprint density at radius 2 is 1.75 bits per heavy atom. The van der Waals surface area contributed by atoms with E-state index >= 15 is 0 Å². The molecule has 0 N–H and O–H groups in total. The molecule has 0 spiro atoms. The third kappa shape index (κ3) is 2.82. The molecular formula is C10H16O2. The fourth-order valence-electron chi connectivity index (χ4n) is 0.895. The van der Waals surface area contributed by atoms with Crippen molar-refractivity contribution in [2.75, 3.05) is 14.2 Å². The van der Waals surface area contributed by atoms with Gasteiger partial charge in [0.05, 0.1) is 14.2 Å².